The molecule has 0 heterocycles. The van der Waals surface area contributed by atoms with Crippen LogP contribution in [0.15, 0.2) is 146 Å². The smallest absolute Gasteiger partial charge is 0.306 e. The first-order valence-corrected chi connectivity index (χ1v) is 26.9. The fourth-order valence-corrected chi connectivity index (χ4v) is 6.85. The molecular weight excluding hydrogens is 825 g/mol. The molecule has 0 spiro atoms. The predicted molar refractivity (Wildman–Crippen MR) is 292 cm³/mol. The quantitative estimate of drug-likeness (QED) is 0.0374. The number of hydrogen-bond donors (Lipinski definition) is 1. The Kier molecular flexibility index (Phi) is 52.6. The van der Waals surface area contributed by atoms with Crippen LogP contribution in [0.4, 0.5) is 0 Å². The van der Waals surface area contributed by atoms with Crippen LogP contribution < -0.4 is 0 Å². The number of rotatable bonds is 47. The van der Waals surface area contributed by atoms with Crippen LogP contribution in [0.2, 0.25) is 0 Å². The highest BCUT2D eigenvalue weighted by atomic mass is 16.6. The molecule has 5 heteroatoms. The normalized spacial score (nSPS) is 13.4. The number of ether oxygens (including phenoxy) is 2. The molecule has 0 saturated heterocycles. The fraction of sp³-hybridized carbons (Fsp3) is 0.581. The van der Waals surface area contributed by atoms with E-state index in [4.69, 9.17) is 9.47 Å². The summed E-state index contributed by atoms with van der Waals surface area (Å²) in [5.41, 5.74) is 0. The average molecular weight is 923 g/mol. The minimum Gasteiger partial charge on any atom is -0.462 e. The molecule has 0 aliphatic rings. The predicted octanol–water partition coefficient (Wildman–Crippen LogP) is 18.2. The van der Waals surface area contributed by atoms with Gasteiger partial charge in [0, 0.05) is 12.8 Å². The molecule has 1 N–H and O–H groups in total. The lowest BCUT2D eigenvalue weighted by molar-refractivity contribution is -0.161. The number of esters is 2. The van der Waals surface area contributed by atoms with Gasteiger partial charge in [0.25, 0.3) is 0 Å². The molecule has 1 atom stereocenters. The summed E-state index contributed by atoms with van der Waals surface area (Å²) in [7, 11) is 0. The van der Waals surface area contributed by atoms with Crippen LogP contribution in [0.5, 0.6) is 0 Å². The molecule has 5 nitrogen and oxygen atoms in total. The van der Waals surface area contributed by atoms with Crippen molar-refractivity contribution in [1.29, 1.82) is 0 Å². The summed E-state index contributed by atoms with van der Waals surface area (Å²) in [5.74, 6) is -0.625. The Labute approximate surface area is 412 Å². The van der Waals surface area contributed by atoms with Gasteiger partial charge in [0.2, 0.25) is 0 Å². The van der Waals surface area contributed by atoms with Gasteiger partial charge in [-0.05, 0) is 122 Å². The Hall–Kier alpha value is -4.22. The third kappa shape index (κ3) is 54.3. The molecule has 0 aromatic rings. The van der Waals surface area contributed by atoms with E-state index >= 15 is 0 Å². The van der Waals surface area contributed by atoms with E-state index in [2.05, 4.69) is 160 Å². The van der Waals surface area contributed by atoms with Crippen molar-refractivity contribution in [3.05, 3.63) is 146 Å². The van der Waals surface area contributed by atoms with Crippen molar-refractivity contribution in [3.8, 4) is 0 Å². The molecule has 0 aromatic carbocycles. The van der Waals surface area contributed by atoms with E-state index in [9.17, 15) is 14.7 Å². The summed E-state index contributed by atoms with van der Waals surface area (Å²) in [6.45, 7) is 3.97. The molecule has 0 amide bonds. The second-order valence-corrected chi connectivity index (χ2v) is 17.2. The number of hydrogen-bond acceptors (Lipinski definition) is 5. The number of carbonyl (C=O) groups excluding carboxylic acids is 2. The minimum atomic E-state index is -0.790. The van der Waals surface area contributed by atoms with Gasteiger partial charge >= 0.3 is 11.9 Å². The van der Waals surface area contributed by atoms with Crippen molar-refractivity contribution in [2.24, 2.45) is 0 Å². The van der Waals surface area contributed by atoms with E-state index in [1.54, 1.807) is 0 Å². The standard InChI is InChI=1S/C62H98O5/c1-3-5-7-9-11-13-15-17-18-19-20-21-22-23-24-25-26-27-28-29-30-31-32-33-34-35-36-37-38-39-40-41-42-43-44-45-47-49-51-53-55-57-62(65)67-60(58-63)59-66-61(64)56-54-52-50-48-46-16-14-12-10-8-6-4-2/h5,7,11-14,17-18,20-21,23-24,26-27,29-30,32-33,35-36,38-39,41-42,60,63H,3-4,6,8-10,15-16,19,22,25,28,31,34,37,40,43-59H2,1-2H3/b7-5-,13-11-,14-12-,18-17-,21-20-,24-23-,27-26-,30-29-,33-32-,36-35-,39-38-,42-41-. The summed E-state index contributed by atoms with van der Waals surface area (Å²) in [6.07, 6.45) is 85.2. The van der Waals surface area contributed by atoms with Gasteiger partial charge in [-0.3, -0.25) is 9.59 Å². The van der Waals surface area contributed by atoms with Crippen LogP contribution in [0.1, 0.15) is 213 Å². The SMILES string of the molecule is CC/C=C\C/C=C\C/C=C\C/C=C\C/C=C\C/C=C\C/C=C\C/C=C\C/C=C\C/C=C\C/C=C\CCCCCCCCCC(=O)OC(CO)COC(=O)CCCCCCC/C=C\CCCCC. The van der Waals surface area contributed by atoms with E-state index in [1.165, 1.54) is 64.2 Å². The van der Waals surface area contributed by atoms with Crippen LogP contribution in [-0.4, -0.2) is 36.4 Å². The van der Waals surface area contributed by atoms with Crippen molar-refractivity contribution < 1.29 is 24.2 Å². The number of aliphatic hydroxyl groups excluding tert-OH is 1. The highest BCUT2D eigenvalue weighted by Crippen LogP contribution is 2.13. The molecule has 0 aliphatic heterocycles. The first-order chi connectivity index (χ1) is 33.1. The van der Waals surface area contributed by atoms with Crippen molar-refractivity contribution in [2.75, 3.05) is 13.2 Å². The van der Waals surface area contributed by atoms with Gasteiger partial charge in [0.1, 0.15) is 6.61 Å². The minimum absolute atomic E-state index is 0.0824. The van der Waals surface area contributed by atoms with Crippen LogP contribution in [0, 0.1) is 0 Å². The lowest BCUT2D eigenvalue weighted by atomic mass is 10.1. The van der Waals surface area contributed by atoms with Gasteiger partial charge in [-0.25, -0.2) is 0 Å². The number of aliphatic hydroxyl groups is 1. The first kappa shape index (κ1) is 62.8. The van der Waals surface area contributed by atoms with Crippen LogP contribution in [-0.2, 0) is 19.1 Å². The molecule has 0 aromatic heterocycles. The second-order valence-electron chi connectivity index (χ2n) is 17.2. The molecule has 67 heavy (non-hydrogen) atoms. The number of allylic oxidation sites excluding steroid dienone is 24. The molecule has 0 rings (SSSR count). The summed E-state index contributed by atoms with van der Waals surface area (Å²) in [5, 5.41) is 9.60. The van der Waals surface area contributed by atoms with E-state index in [0.717, 1.165) is 122 Å². The van der Waals surface area contributed by atoms with Gasteiger partial charge in [0.15, 0.2) is 6.10 Å². The molecule has 0 aliphatic carbocycles. The van der Waals surface area contributed by atoms with Gasteiger partial charge in [-0.2, -0.15) is 0 Å². The number of unbranched alkanes of at least 4 members (excludes halogenated alkanes) is 15. The highest BCUT2D eigenvalue weighted by Gasteiger charge is 2.16. The lowest BCUT2D eigenvalue weighted by Crippen LogP contribution is -2.28. The Morgan fingerprint density at radius 2 is 0.642 bits per heavy atom. The van der Waals surface area contributed by atoms with Gasteiger partial charge in [-0.1, -0.05) is 224 Å². The molecule has 376 valence electrons. The Balaban J connectivity index is 3.64. The zero-order chi connectivity index (χ0) is 48.5. The lowest BCUT2D eigenvalue weighted by Gasteiger charge is -2.15. The average Bonchev–Trinajstić information content (AvgIpc) is 3.33. The molecule has 0 radical (unpaired) electrons. The van der Waals surface area contributed by atoms with Crippen molar-refractivity contribution >= 4 is 11.9 Å². The van der Waals surface area contributed by atoms with E-state index in [0.29, 0.717) is 12.8 Å². The second kappa shape index (κ2) is 56.1. The summed E-state index contributed by atoms with van der Waals surface area (Å²) >= 11 is 0. The zero-order valence-corrected chi connectivity index (χ0v) is 42.8. The molecule has 1 unspecified atom stereocenters. The fourth-order valence-electron chi connectivity index (χ4n) is 6.85. The van der Waals surface area contributed by atoms with E-state index in [1.807, 2.05) is 0 Å². The van der Waals surface area contributed by atoms with E-state index < -0.39 is 6.10 Å². The van der Waals surface area contributed by atoms with Crippen LogP contribution in [0.25, 0.3) is 0 Å². The maximum atomic E-state index is 12.2. The molecule has 0 fully saturated rings. The summed E-state index contributed by atoms with van der Waals surface area (Å²) in [6, 6.07) is 0. The summed E-state index contributed by atoms with van der Waals surface area (Å²) < 4.78 is 10.6. The molecule has 0 bridgehead atoms. The molecule has 0 saturated carbocycles. The largest absolute Gasteiger partial charge is 0.462 e. The van der Waals surface area contributed by atoms with E-state index in [-0.39, 0.29) is 25.2 Å². The Morgan fingerprint density at radius 3 is 0.985 bits per heavy atom. The first-order valence-electron chi connectivity index (χ1n) is 26.9. The van der Waals surface area contributed by atoms with Gasteiger partial charge < -0.3 is 14.6 Å². The topological polar surface area (TPSA) is 72.8 Å². The van der Waals surface area contributed by atoms with Gasteiger partial charge in [0.05, 0.1) is 6.61 Å². The maximum absolute atomic E-state index is 12.2. The third-order valence-electron chi connectivity index (χ3n) is 10.9. The Bertz CT molecular complexity index is 1460. The van der Waals surface area contributed by atoms with Crippen LogP contribution >= 0.6 is 0 Å². The van der Waals surface area contributed by atoms with Crippen molar-refractivity contribution in [3.63, 3.8) is 0 Å². The van der Waals surface area contributed by atoms with Crippen LogP contribution in [0.3, 0.4) is 0 Å². The monoisotopic (exact) mass is 923 g/mol. The van der Waals surface area contributed by atoms with Gasteiger partial charge in [-0.15, -0.1) is 0 Å². The zero-order valence-electron chi connectivity index (χ0n) is 42.8. The van der Waals surface area contributed by atoms with Crippen molar-refractivity contribution in [2.45, 2.75) is 219 Å². The molecular formula is C62H98O5. The number of carbonyl (C=O) groups is 2. The van der Waals surface area contributed by atoms with Crippen molar-refractivity contribution in [1.82, 2.24) is 0 Å². The third-order valence-corrected chi connectivity index (χ3v) is 10.9. The Morgan fingerprint density at radius 1 is 0.358 bits per heavy atom. The summed E-state index contributed by atoms with van der Waals surface area (Å²) in [4.78, 5) is 24.4. The maximum Gasteiger partial charge on any atom is 0.306 e. The highest BCUT2D eigenvalue weighted by molar-refractivity contribution is 5.70.